The predicted octanol–water partition coefficient (Wildman–Crippen LogP) is 1.30. The molecule has 6 heteroatoms. The topological polar surface area (TPSA) is 64.6 Å². The summed E-state index contributed by atoms with van der Waals surface area (Å²) in [5, 5.41) is 2.31. The largest absolute Gasteiger partial charge is 0.494 e. The first-order valence-electron chi connectivity index (χ1n) is 3.94. The first kappa shape index (κ1) is 11.0. The first-order valence-corrected chi connectivity index (χ1v) is 3.94. The van der Waals surface area contributed by atoms with Crippen molar-refractivity contribution in [1.82, 2.24) is 0 Å². The number of benzene rings is 1. The van der Waals surface area contributed by atoms with Crippen LogP contribution < -0.4 is 10.1 Å². The van der Waals surface area contributed by atoms with Crippen molar-refractivity contribution < 1.29 is 23.8 Å². The van der Waals surface area contributed by atoms with Gasteiger partial charge in [-0.05, 0) is 12.1 Å². The Morgan fingerprint density at radius 1 is 1.53 bits per heavy atom. The van der Waals surface area contributed by atoms with E-state index in [1.54, 1.807) is 0 Å². The standard InChI is InChI=1S/C9H8FNO4/c1-14-8-6(9(13)15-10)3-2-4-7(8)11-5-12/h2-5H,1H3,(H,11,12). The van der Waals surface area contributed by atoms with Gasteiger partial charge in [-0.25, -0.2) is 9.74 Å². The minimum absolute atomic E-state index is 0.0484. The number of amides is 1. The van der Waals surface area contributed by atoms with E-state index in [0.29, 0.717) is 6.41 Å². The van der Waals surface area contributed by atoms with Gasteiger partial charge in [0, 0.05) is 4.53 Å². The number of methoxy groups -OCH3 is 1. The average molecular weight is 213 g/mol. The zero-order valence-electron chi connectivity index (χ0n) is 7.82. The Morgan fingerprint density at radius 3 is 2.80 bits per heavy atom. The zero-order valence-corrected chi connectivity index (χ0v) is 7.82. The van der Waals surface area contributed by atoms with Crippen molar-refractivity contribution in [3.63, 3.8) is 0 Å². The maximum atomic E-state index is 11.7. The molecule has 1 aromatic carbocycles. The van der Waals surface area contributed by atoms with Gasteiger partial charge in [-0.2, -0.15) is 0 Å². The fourth-order valence-corrected chi connectivity index (χ4v) is 1.14. The van der Waals surface area contributed by atoms with E-state index < -0.39 is 5.97 Å². The molecule has 0 bridgehead atoms. The highest BCUT2D eigenvalue weighted by Gasteiger charge is 2.17. The van der Waals surface area contributed by atoms with Crippen molar-refractivity contribution in [2.45, 2.75) is 0 Å². The number of anilines is 1. The van der Waals surface area contributed by atoms with Gasteiger partial charge in [0.1, 0.15) is 5.56 Å². The quantitative estimate of drug-likeness (QED) is 0.765. The van der Waals surface area contributed by atoms with Crippen molar-refractivity contribution in [1.29, 1.82) is 0 Å². The number of carbonyl (C=O) groups excluding carboxylic acids is 2. The molecule has 0 unspecified atom stereocenters. The van der Waals surface area contributed by atoms with Gasteiger partial charge in [-0.3, -0.25) is 4.79 Å². The average Bonchev–Trinajstić information content (AvgIpc) is 2.28. The summed E-state index contributed by atoms with van der Waals surface area (Å²) in [4.78, 5) is 24.3. The third-order valence-corrected chi connectivity index (χ3v) is 1.72. The van der Waals surface area contributed by atoms with E-state index in [2.05, 4.69) is 10.3 Å². The van der Waals surface area contributed by atoms with Crippen LogP contribution in [-0.2, 0) is 9.74 Å². The summed E-state index contributed by atoms with van der Waals surface area (Å²) in [6.07, 6.45) is 0.419. The Labute approximate surface area is 84.7 Å². The minimum atomic E-state index is -1.18. The van der Waals surface area contributed by atoms with Crippen LogP contribution in [0.3, 0.4) is 0 Å². The molecule has 0 saturated carbocycles. The molecule has 0 aliphatic carbocycles. The van der Waals surface area contributed by atoms with Crippen LogP contribution in [-0.4, -0.2) is 19.5 Å². The molecule has 5 nitrogen and oxygen atoms in total. The molecule has 0 spiro atoms. The number of halogens is 1. The van der Waals surface area contributed by atoms with Gasteiger partial charge in [0.25, 0.3) is 0 Å². The Bertz CT molecular complexity index is 380. The number of carbonyl (C=O) groups is 2. The molecule has 0 saturated heterocycles. The van der Waals surface area contributed by atoms with E-state index in [0.717, 1.165) is 0 Å². The maximum Gasteiger partial charge on any atom is 0.383 e. The smallest absolute Gasteiger partial charge is 0.383 e. The molecular weight excluding hydrogens is 205 g/mol. The fraction of sp³-hybridized carbons (Fsp3) is 0.111. The minimum Gasteiger partial charge on any atom is -0.494 e. The second-order valence-electron chi connectivity index (χ2n) is 2.51. The molecule has 0 atom stereocenters. The number of hydrogen-bond donors (Lipinski definition) is 1. The van der Waals surface area contributed by atoms with Crippen LogP contribution in [0.25, 0.3) is 0 Å². The molecule has 1 N–H and O–H groups in total. The summed E-state index contributed by atoms with van der Waals surface area (Å²) in [7, 11) is 1.29. The highest BCUT2D eigenvalue weighted by Crippen LogP contribution is 2.28. The van der Waals surface area contributed by atoms with E-state index >= 15 is 0 Å². The molecule has 15 heavy (non-hydrogen) atoms. The van der Waals surface area contributed by atoms with Crippen molar-refractivity contribution in [3.8, 4) is 5.75 Å². The normalized spacial score (nSPS) is 9.20. The zero-order chi connectivity index (χ0) is 11.3. The predicted molar refractivity (Wildman–Crippen MR) is 49.2 cm³/mol. The van der Waals surface area contributed by atoms with E-state index in [9.17, 15) is 14.1 Å². The van der Waals surface area contributed by atoms with Gasteiger partial charge < -0.3 is 10.1 Å². The van der Waals surface area contributed by atoms with E-state index in [4.69, 9.17) is 4.74 Å². The molecule has 0 aliphatic rings. The Kier molecular flexibility index (Phi) is 3.61. The summed E-state index contributed by atoms with van der Waals surface area (Å²) in [5.41, 5.74) is 0.155. The lowest BCUT2D eigenvalue weighted by Crippen LogP contribution is -2.05. The molecule has 0 aromatic heterocycles. The van der Waals surface area contributed by atoms with Crippen LogP contribution >= 0.6 is 0 Å². The summed E-state index contributed by atoms with van der Waals surface area (Å²) in [6, 6.07) is 4.28. The second kappa shape index (κ2) is 4.94. The van der Waals surface area contributed by atoms with Crippen LogP contribution in [0.5, 0.6) is 5.75 Å². The molecule has 0 radical (unpaired) electrons. The number of ether oxygens (including phenoxy) is 1. The molecular formula is C9H8FNO4. The molecule has 80 valence electrons. The van der Waals surface area contributed by atoms with E-state index in [-0.39, 0.29) is 17.0 Å². The lowest BCUT2D eigenvalue weighted by atomic mass is 10.1. The molecule has 0 aliphatic heterocycles. The summed E-state index contributed by atoms with van der Waals surface area (Å²) in [5.74, 6) is -1.13. The van der Waals surface area contributed by atoms with Gasteiger partial charge in [0.15, 0.2) is 5.75 Å². The fourth-order valence-electron chi connectivity index (χ4n) is 1.14. The monoisotopic (exact) mass is 213 g/mol. The second-order valence-corrected chi connectivity index (χ2v) is 2.51. The van der Waals surface area contributed by atoms with Gasteiger partial charge in [-0.1, -0.05) is 6.07 Å². The van der Waals surface area contributed by atoms with E-state index in [1.807, 2.05) is 0 Å². The SMILES string of the molecule is COc1c(NC=O)cccc1C(=O)OF. The molecule has 0 heterocycles. The molecule has 1 amide bonds. The third-order valence-electron chi connectivity index (χ3n) is 1.72. The van der Waals surface area contributed by atoms with Crippen LogP contribution in [0, 0.1) is 0 Å². The maximum absolute atomic E-state index is 11.7. The Hall–Kier alpha value is -2.11. The lowest BCUT2D eigenvalue weighted by Gasteiger charge is -2.09. The lowest BCUT2D eigenvalue weighted by molar-refractivity contribution is -0.105. The highest BCUT2D eigenvalue weighted by atomic mass is 19.3. The molecule has 0 fully saturated rings. The summed E-state index contributed by atoms with van der Waals surface area (Å²) in [6.45, 7) is 0. The van der Waals surface area contributed by atoms with Gasteiger partial charge in [0.2, 0.25) is 6.41 Å². The highest BCUT2D eigenvalue weighted by molar-refractivity contribution is 5.95. The van der Waals surface area contributed by atoms with Crippen molar-refractivity contribution in [2.75, 3.05) is 12.4 Å². The molecule has 1 aromatic rings. The van der Waals surface area contributed by atoms with Crippen LogP contribution in [0.15, 0.2) is 18.2 Å². The van der Waals surface area contributed by atoms with Crippen molar-refractivity contribution in [3.05, 3.63) is 23.8 Å². The summed E-state index contributed by atoms with van der Waals surface area (Å²) >= 11 is 0. The Balaban J connectivity index is 3.21. The van der Waals surface area contributed by atoms with Gasteiger partial charge in [-0.15, -0.1) is 0 Å². The van der Waals surface area contributed by atoms with Gasteiger partial charge in [0.05, 0.1) is 12.8 Å². The third kappa shape index (κ3) is 2.22. The number of hydrogen-bond acceptors (Lipinski definition) is 4. The van der Waals surface area contributed by atoms with Crippen LogP contribution in [0.1, 0.15) is 10.4 Å². The van der Waals surface area contributed by atoms with Crippen LogP contribution in [0.4, 0.5) is 10.2 Å². The van der Waals surface area contributed by atoms with E-state index in [1.165, 1.54) is 25.3 Å². The number of rotatable bonds is 4. The van der Waals surface area contributed by atoms with Crippen molar-refractivity contribution in [2.24, 2.45) is 0 Å². The first-order chi connectivity index (χ1) is 7.24. The molecule has 1 rings (SSSR count). The Morgan fingerprint density at radius 2 is 2.27 bits per heavy atom. The van der Waals surface area contributed by atoms with Gasteiger partial charge >= 0.3 is 5.97 Å². The van der Waals surface area contributed by atoms with Crippen LogP contribution in [0.2, 0.25) is 0 Å². The number of nitrogens with one attached hydrogen (secondary N) is 1. The van der Waals surface area contributed by atoms with Crippen molar-refractivity contribution >= 4 is 18.1 Å². The summed E-state index contributed by atoms with van der Waals surface area (Å²) < 4.78 is 16.6. The number of para-hydroxylation sites is 1.